The van der Waals surface area contributed by atoms with Crippen molar-refractivity contribution in [1.29, 1.82) is 0 Å². The number of pyridine rings is 1. The van der Waals surface area contributed by atoms with Crippen LogP contribution in [-0.4, -0.2) is 22.3 Å². The lowest BCUT2D eigenvalue weighted by atomic mass is 10.00. The summed E-state index contributed by atoms with van der Waals surface area (Å²) >= 11 is 0. The molecule has 0 fully saturated rings. The van der Waals surface area contributed by atoms with Crippen LogP contribution in [0.4, 0.5) is 10.2 Å². The molecule has 2 aromatic rings. The molecule has 4 nitrogen and oxygen atoms in total. The Morgan fingerprint density at radius 3 is 2.85 bits per heavy atom. The van der Waals surface area contributed by atoms with E-state index in [1.807, 2.05) is 26.0 Å². The van der Waals surface area contributed by atoms with Gasteiger partial charge in [-0.1, -0.05) is 18.2 Å². The second kappa shape index (κ2) is 7.14. The van der Waals surface area contributed by atoms with Crippen molar-refractivity contribution in [1.82, 2.24) is 9.88 Å². The molecule has 5 heteroatoms. The van der Waals surface area contributed by atoms with E-state index >= 15 is 0 Å². The Labute approximate surface area is 159 Å². The number of anilines is 1. The highest BCUT2D eigenvalue weighted by Crippen LogP contribution is 2.32. The minimum atomic E-state index is -0.173. The number of allylic oxidation sites excluding steroid dienone is 2. The summed E-state index contributed by atoms with van der Waals surface area (Å²) in [5.41, 5.74) is 4.32. The number of hydrogen-bond acceptors (Lipinski definition) is 3. The SMILES string of the molecule is CCN1Cc2c(ccnc2NC(C)c2ccc(C3=CCCC3)c(F)c2)C1=O. The Morgan fingerprint density at radius 2 is 2.15 bits per heavy atom. The molecule has 0 saturated carbocycles. The molecule has 0 radical (unpaired) electrons. The number of halogens is 1. The summed E-state index contributed by atoms with van der Waals surface area (Å²) in [6.07, 6.45) is 6.88. The molecule has 0 bridgehead atoms. The van der Waals surface area contributed by atoms with E-state index in [0.29, 0.717) is 30.0 Å². The largest absolute Gasteiger partial charge is 0.363 e. The molecule has 140 valence electrons. The van der Waals surface area contributed by atoms with E-state index in [0.717, 1.165) is 36.0 Å². The molecular weight excluding hydrogens is 341 g/mol. The molecule has 0 spiro atoms. The first-order chi connectivity index (χ1) is 13.1. The standard InChI is InChI=1S/C22H24FN3O/c1-3-26-13-19-18(22(26)27)10-11-24-21(19)25-14(2)16-8-9-17(20(23)12-16)15-6-4-5-7-15/h6,8-12,14H,3-5,7,13H2,1-2H3,(H,24,25). The summed E-state index contributed by atoms with van der Waals surface area (Å²) in [4.78, 5) is 18.6. The maximum absolute atomic E-state index is 14.6. The number of hydrogen-bond donors (Lipinski definition) is 1. The van der Waals surface area contributed by atoms with Gasteiger partial charge in [0.25, 0.3) is 5.91 Å². The molecule has 1 amide bonds. The van der Waals surface area contributed by atoms with Gasteiger partial charge in [-0.2, -0.15) is 0 Å². The van der Waals surface area contributed by atoms with E-state index in [9.17, 15) is 9.18 Å². The zero-order chi connectivity index (χ0) is 19.0. The Morgan fingerprint density at radius 1 is 1.30 bits per heavy atom. The first-order valence-electron chi connectivity index (χ1n) is 9.61. The number of carbonyl (C=O) groups is 1. The highest BCUT2D eigenvalue weighted by Gasteiger charge is 2.29. The molecule has 1 N–H and O–H groups in total. The number of rotatable bonds is 5. The van der Waals surface area contributed by atoms with Gasteiger partial charge in [-0.15, -0.1) is 0 Å². The van der Waals surface area contributed by atoms with Crippen LogP contribution < -0.4 is 5.32 Å². The molecule has 27 heavy (non-hydrogen) atoms. The molecule has 1 aromatic heterocycles. The van der Waals surface area contributed by atoms with Crippen molar-refractivity contribution in [2.24, 2.45) is 0 Å². The number of nitrogens with zero attached hydrogens (tertiary/aromatic N) is 2. The molecule has 1 aromatic carbocycles. The van der Waals surface area contributed by atoms with E-state index in [2.05, 4.69) is 16.4 Å². The lowest BCUT2D eigenvalue weighted by Crippen LogP contribution is -2.22. The fourth-order valence-electron chi connectivity index (χ4n) is 3.93. The lowest BCUT2D eigenvalue weighted by Gasteiger charge is -2.18. The first-order valence-corrected chi connectivity index (χ1v) is 9.61. The summed E-state index contributed by atoms with van der Waals surface area (Å²) in [5.74, 6) is 0.575. The van der Waals surface area contributed by atoms with Crippen molar-refractivity contribution >= 4 is 17.3 Å². The van der Waals surface area contributed by atoms with Gasteiger partial charge in [-0.25, -0.2) is 9.37 Å². The molecular formula is C22H24FN3O. The first kappa shape index (κ1) is 17.7. The third-order valence-corrected chi connectivity index (χ3v) is 5.54. The van der Waals surface area contributed by atoms with Crippen LogP contribution in [0.1, 0.15) is 66.2 Å². The zero-order valence-corrected chi connectivity index (χ0v) is 15.8. The van der Waals surface area contributed by atoms with Crippen LogP contribution in [-0.2, 0) is 6.54 Å². The van der Waals surface area contributed by atoms with Gasteiger partial charge in [0.1, 0.15) is 11.6 Å². The molecule has 1 aliphatic heterocycles. The molecule has 2 heterocycles. The summed E-state index contributed by atoms with van der Waals surface area (Å²) < 4.78 is 14.6. The van der Waals surface area contributed by atoms with E-state index in [4.69, 9.17) is 0 Å². The van der Waals surface area contributed by atoms with Gasteiger partial charge in [-0.3, -0.25) is 4.79 Å². The third kappa shape index (κ3) is 3.22. The average molecular weight is 365 g/mol. The maximum atomic E-state index is 14.6. The second-order valence-electron chi connectivity index (χ2n) is 7.23. The monoisotopic (exact) mass is 365 g/mol. The Balaban J connectivity index is 1.56. The lowest BCUT2D eigenvalue weighted by molar-refractivity contribution is 0.0787. The van der Waals surface area contributed by atoms with Crippen LogP contribution in [0.15, 0.2) is 36.5 Å². The number of benzene rings is 1. The summed E-state index contributed by atoms with van der Waals surface area (Å²) in [6.45, 7) is 5.19. The number of nitrogens with one attached hydrogen (secondary N) is 1. The van der Waals surface area contributed by atoms with Crippen LogP contribution in [0.5, 0.6) is 0 Å². The van der Waals surface area contributed by atoms with Crippen molar-refractivity contribution < 1.29 is 9.18 Å². The molecule has 0 saturated heterocycles. The van der Waals surface area contributed by atoms with E-state index in [-0.39, 0.29) is 17.8 Å². The van der Waals surface area contributed by atoms with Gasteiger partial charge in [0.2, 0.25) is 0 Å². The Hall–Kier alpha value is -2.69. The Bertz CT molecular complexity index is 922. The second-order valence-corrected chi connectivity index (χ2v) is 7.23. The quantitative estimate of drug-likeness (QED) is 0.816. The van der Waals surface area contributed by atoms with Gasteiger partial charge in [0.15, 0.2) is 0 Å². The topological polar surface area (TPSA) is 45.2 Å². The molecule has 1 aliphatic carbocycles. The van der Waals surface area contributed by atoms with Gasteiger partial charge in [0.05, 0.1) is 12.6 Å². The molecule has 4 rings (SSSR count). The fourth-order valence-corrected chi connectivity index (χ4v) is 3.93. The predicted molar refractivity (Wildman–Crippen MR) is 105 cm³/mol. The van der Waals surface area contributed by atoms with Crippen LogP contribution in [0, 0.1) is 5.82 Å². The molecule has 1 unspecified atom stereocenters. The summed E-state index contributed by atoms with van der Waals surface area (Å²) in [6, 6.07) is 7.12. The third-order valence-electron chi connectivity index (χ3n) is 5.54. The van der Waals surface area contributed by atoms with Crippen molar-refractivity contribution in [3.63, 3.8) is 0 Å². The van der Waals surface area contributed by atoms with Crippen molar-refractivity contribution in [2.45, 2.75) is 45.7 Å². The highest BCUT2D eigenvalue weighted by molar-refractivity contribution is 5.99. The van der Waals surface area contributed by atoms with Gasteiger partial charge >= 0.3 is 0 Å². The van der Waals surface area contributed by atoms with Gasteiger partial charge < -0.3 is 10.2 Å². The zero-order valence-electron chi connectivity index (χ0n) is 15.8. The number of fused-ring (bicyclic) bond motifs is 1. The van der Waals surface area contributed by atoms with Crippen molar-refractivity contribution in [2.75, 3.05) is 11.9 Å². The number of carbonyl (C=O) groups excluding carboxylic acids is 1. The highest BCUT2D eigenvalue weighted by atomic mass is 19.1. The van der Waals surface area contributed by atoms with Crippen LogP contribution >= 0.6 is 0 Å². The normalized spacial score (nSPS) is 17.1. The van der Waals surface area contributed by atoms with Crippen LogP contribution in [0.25, 0.3) is 5.57 Å². The Kier molecular flexibility index (Phi) is 4.68. The van der Waals surface area contributed by atoms with Crippen LogP contribution in [0.3, 0.4) is 0 Å². The average Bonchev–Trinajstić information content (AvgIpc) is 3.30. The minimum Gasteiger partial charge on any atom is -0.363 e. The minimum absolute atomic E-state index is 0.0471. The van der Waals surface area contributed by atoms with Crippen LogP contribution in [0.2, 0.25) is 0 Å². The van der Waals surface area contributed by atoms with Gasteiger partial charge in [0, 0.05) is 29.4 Å². The molecule has 2 aliphatic rings. The summed E-state index contributed by atoms with van der Waals surface area (Å²) in [7, 11) is 0. The van der Waals surface area contributed by atoms with E-state index in [1.54, 1.807) is 23.2 Å². The number of aromatic nitrogens is 1. The van der Waals surface area contributed by atoms with E-state index < -0.39 is 0 Å². The van der Waals surface area contributed by atoms with Crippen molar-refractivity contribution in [3.8, 4) is 0 Å². The van der Waals surface area contributed by atoms with Crippen molar-refractivity contribution in [3.05, 3.63) is 64.6 Å². The fraction of sp³-hybridized carbons (Fsp3) is 0.364. The van der Waals surface area contributed by atoms with E-state index in [1.165, 1.54) is 0 Å². The van der Waals surface area contributed by atoms with Gasteiger partial charge in [-0.05, 0) is 56.4 Å². The molecule has 1 atom stereocenters. The predicted octanol–water partition coefficient (Wildman–Crippen LogP) is 4.94. The number of amides is 1. The summed E-state index contributed by atoms with van der Waals surface area (Å²) in [5, 5.41) is 3.37. The smallest absolute Gasteiger partial charge is 0.254 e. The maximum Gasteiger partial charge on any atom is 0.254 e.